The lowest BCUT2D eigenvalue weighted by molar-refractivity contribution is -0.113. The number of fused-ring (bicyclic) bond motifs is 1. The molecule has 2 aromatic heterocycles. The molecule has 32 heavy (non-hydrogen) atoms. The molecule has 162 valence electrons. The van der Waals surface area contributed by atoms with Crippen LogP contribution < -0.4 is 10.9 Å². The van der Waals surface area contributed by atoms with E-state index in [1.165, 1.54) is 11.4 Å². The summed E-state index contributed by atoms with van der Waals surface area (Å²) in [5.74, 6) is -0.0733. The molecule has 0 saturated carbocycles. The van der Waals surface area contributed by atoms with Gasteiger partial charge in [-0.15, -0.1) is 10.2 Å². The molecule has 0 bridgehead atoms. The second kappa shape index (κ2) is 9.33. The summed E-state index contributed by atoms with van der Waals surface area (Å²) in [7, 11) is 0. The molecule has 11 heteroatoms. The number of aromatic amines is 1. The molecule has 0 radical (unpaired) electrons. The van der Waals surface area contributed by atoms with Gasteiger partial charge in [0.2, 0.25) is 11.1 Å². The number of thioether (sulfide) groups is 1. The number of carbonyl (C=O) groups is 2. The third-order valence-electron chi connectivity index (χ3n) is 4.54. The normalized spacial score (nSPS) is 10.9. The van der Waals surface area contributed by atoms with Crippen molar-refractivity contribution in [1.82, 2.24) is 24.8 Å². The van der Waals surface area contributed by atoms with Gasteiger partial charge in [-0.1, -0.05) is 41.6 Å². The lowest BCUT2D eigenvalue weighted by Gasteiger charge is -2.06. The van der Waals surface area contributed by atoms with Crippen molar-refractivity contribution < 1.29 is 9.59 Å². The molecular weight excluding hydrogens is 452 g/mol. The monoisotopic (exact) mass is 468 g/mol. The van der Waals surface area contributed by atoms with E-state index in [0.717, 1.165) is 17.3 Å². The maximum Gasteiger partial charge on any atom is 0.274 e. The molecule has 0 fully saturated rings. The topological polar surface area (TPSA) is 122 Å². The van der Waals surface area contributed by atoms with Crippen molar-refractivity contribution in [3.63, 3.8) is 0 Å². The summed E-state index contributed by atoms with van der Waals surface area (Å²) in [6.07, 6.45) is 0.240. The number of amides is 1. The number of nitrogens with zero attached hydrogens (tertiary/aromatic N) is 4. The molecule has 0 unspecified atom stereocenters. The van der Waals surface area contributed by atoms with Gasteiger partial charge in [0.25, 0.3) is 11.3 Å². The number of hydrogen-bond donors (Lipinski definition) is 2. The standard InChI is InChI=1S/C21H17ClN6O3S/c1-12(29)13-6-8-15(9-7-13)23-18(30)11-32-21-26-25-20-24-19(31)17(27-28(20)21)10-14-4-2-3-5-16(14)22/h2-9H,10-11H2,1H3,(H,23,30)(H,24,25,31). The summed E-state index contributed by atoms with van der Waals surface area (Å²) >= 11 is 7.32. The van der Waals surface area contributed by atoms with E-state index >= 15 is 0 Å². The van der Waals surface area contributed by atoms with Gasteiger partial charge in [0.05, 0.1) is 5.75 Å². The number of benzene rings is 2. The van der Waals surface area contributed by atoms with Crippen molar-refractivity contribution in [2.45, 2.75) is 18.5 Å². The Hall–Kier alpha value is -3.50. The van der Waals surface area contributed by atoms with E-state index in [1.54, 1.807) is 30.3 Å². The first-order valence-corrected chi connectivity index (χ1v) is 10.9. The van der Waals surface area contributed by atoms with Gasteiger partial charge in [0.15, 0.2) is 5.78 Å². The molecule has 0 aliphatic heterocycles. The highest BCUT2D eigenvalue weighted by molar-refractivity contribution is 7.99. The van der Waals surface area contributed by atoms with Crippen LogP contribution in [0.4, 0.5) is 5.69 Å². The van der Waals surface area contributed by atoms with Crippen LogP contribution in [0.1, 0.15) is 28.5 Å². The Bertz CT molecular complexity index is 1370. The van der Waals surface area contributed by atoms with Crippen molar-refractivity contribution in [2.75, 3.05) is 11.1 Å². The Morgan fingerprint density at radius 2 is 1.88 bits per heavy atom. The summed E-state index contributed by atoms with van der Waals surface area (Å²) < 4.78 is 1.40. The zero-order valence-corrected chi connectivity index (χ0v) is 18.4. The zero-order chi connectivity index (χ0) is 22.7. The molecule has 2 heterocycles. The number of hydrogen-bond acceptors (Lipinski definition) is 7. The number of nitrogens with one attached hydrogen (secondary N) is 2. The first kappa shape index (κ1) is 21.7. The second-order valence-corrected chi connectivity index (χ2v) is 8.21. The number of rotatable bonds is 7. The van der Waals surface area contributed by atoms with Crippen LogP contribution in [0.5, 0.6) is 0 Å². The minimum absolute atomic E-state index is 0.0448. The van der Waals surface area contributed by atoms with Crippen LogP contribution in [0.2, 0.25) is 5.02 Å². The molecule has 4 aromatic rings. The van der Waals surface area contributed by atoms with Crippen molar-refractivity contribution in [2.24, 2.45) is 0 Å². The van der Waals surface area contributed by atoms with E-state index in [0.29, 0.717) is 21.4 Å². The Balaban J connectivity index is 1.47. The predicted molar refractivity (Wildman–Crippen MR) is 121 cm³/mol. The van der Waals surface area contributed by atoms with E-state index in [4.69, 9.17) is 11.6 Å². The van der Waals surface area contributed by atoms with E-state index in [2.05, 4.69) is 25.6 Å². The van der Waals surface area contributed by atoms with Crippen molar-refractivity contribution >= 4 is 46.5 Å². The Labute approximate surface area is 191 Å². The quantitative estimate of drug-likeness (QED) is 0.316. The number of ketones is 1. The molecule has 4 rings (SSSR count). The van der Waals surface area contributed by atoms with Crippen LogP contribution in [-0.4, -0.2) is 42.2 Å². The molecular formula is C21H17ClN6O3S. The summed E-state index contributed by atoms with van der Waals surface area (Å²) in [5.41, 5.74) is 1.79. The highest BCUT2D eigenvalue weighted by Gasteiger charge is 2.15. The number of aromatic nitrogens is 5. The van der Waals surface area contributed by atoms with Gasteiger partial charge in [-0.05, 0) is 42.8 Å². The van der Waals surface area contributed by atoms with Crippen molar-refractivity contribution in [3.05, 3.63) is 80.7 Å². The van der Waals surface area contributed by atoms with E-state index in [9.17, 15) is 14.4 Å². The lowest BCUT2D eigenvalue weighted by atomic mass is 10.1. The summed E-state index contributed by atoms with van der Waals surface area (Å²) in [4.78, 5) is 38.7. The van der Waals surface area contributed by atoms with Gasteiger partial charge in [-0.3, -0.25) is 19.4 Å². The molecule has 9 nitrogen and oxygen atoms in total. The van der Waals surface area contributed by atoms with Crippen LogP contribution >= 0.6 is 23.4 Å². The van der Waals surface area contributed by atoms with Gasteiger partial charge < -0.3 is 5.32 Å². The number of Topliss-reactive ketones (excluding diaryl/α,β-unsaturated/α-hetero) is 1. The average Bonchev–Trinajstić information content (AvgIpc) is 3.16. The highest BCUT2D eigenvalue weighted by atomic mass is 35.5. The minimum Gasteiger partial charge on any atom is -0.325 e. The SMILES string of the molecule is CC(=O)c1ccc(NC(=O)CSc2nnc3[nH]c(=O)c(Cc4ccccc4Cl)nn23)cc1. The maximum atomic E-state index is 12.4. The number of anilines is 1. The van der Waals surface area contributed by atoms with E-state index in [-0.39, 0.29) is 40.9 Å². The van der Waals surface area contributed by atoms with Crippen LogP contribution in [0, 0.1) is 0 Å². The largest absolute Gasteiger partial charge is 0.325 e. The van der Waals surface area contributed by atoms with Crippen LogP contribution in [0.3, 0.4) is 0 Å². The highest BCUT2D eigenvalue weighted by Crippen LogP contribution is 2.19. The minimum atomic E-state index is -0.381. The molecule has 0 spiro atoms. The summed E-state index contributed by atoms with van der Waals surface area (Å²) in [6.45, 7) is 1.48. The zero-order valence-electron chi connectivity index (χ0n) is 16.8. The number of halogens is 1. The number of carbonyl (C=O) groups excluding carboxylic acids is 2. The fourth-order valence-corrected chi connectivity index (χ4v) is 3.80. The Morgan fingerprint density at radius 1 is 1.12 bits per heavy atom. The molecule has 0 aliphatic rings. The molecule has 0 atom stereocenters. The Morgan fingerprint density at radius 3 is 2.59 bits per heavy atom. The second-order valence-electron chi connectivity index (χ2n) is 6.86. The number of H-pyrrole nitrogens is 1. The van der Waals surface area contributed by atoms with Crippen molar-refractivity contribution in [3.8, 4) is 0 Å². The summed E-state index contributed by atoms with van der Waals surface area (Å²) in [5, 5.41) is 16.0. The fourth-order valence-electron chi connectivity index (χ4n) is 2.92. The van der Waals surface area contributed by atoms with E-state index < -0.39 is 0 Å². The lowest BCUT2D eigenvalue weighted by Crippen LogP contribution is -2.19. The molecule has 0 saturated heterocycles. The van der Waals surface area contributed by atoms with Gasteiger partial charge in [0.1, 0.15) is 5.69 Å². The van der Waals surface area contributed by atoms with Gasteiger partial charge >= 0.3 is 0 Å². The summed E-state index contributed by atoms with van der Waals surface area (Å²) in [6, 6.07) is 13.8. The van der Waals surface area contributed by atoms with Crippen LogP contribution in [0.25, 0.3) is 5.78 Å². The molecule has 2 N–H and O–H groups in total. The van der Waals surface area contributed by atoms with Gasteiger partial charge in [-0.2, -0.15) is 9.61 Å². The smallest absolute Gasteiger partial charge is 0.274 e. The first-order valence-electron chi connectivity index (χ1n) is 9.52. The van der Waals surface area contributed by atoms with Crippen LogP contribution in [0.15, 0.2) is 58.5 Å². The molecule has 0 aliphatic carbocycles. The van der Waals surface area contributed by atoms with Crippen molar-refractivity contribution in [1.29, 1.82) is 0 Å². The van der Waals surface area contributed by atoms with Gasteiger partial charge in [-0.25, -0.2) is 0 Å². The average molecular weight is 469 g/mol. The van der Waals surface area contributed by atoms with Crippen LogP contribution in [-0.2, 0) is 11.2 Å². The Kier molecular flexibility index (Phi) is 6.33. The third kappa shape index (κ3) is 4.87. The first-order chi connectivity index (χ1) is 15.4. The maximum absolute atomic E-state index is 12.4. The molecule has 1 amide bonds. The third-order valence-corrected chi connectivity index (χ3v) is 5.83. The fraction of sp³-hybridized carbons (Fsp3) is 0.143. The molecule has 2 aromatic carbocycles. The van der Waals surface area contributed by atoms with Gasteiger partial charge in [0, 0.05) is 22.7 Å². The predicted octanol–water partition coefficient (Wildman–Crippen LogP) is 2.99. The van der Waals surface area contributed by atoms with E-state index in [1.807, 2.05) is 18.2 Å².